The largest absolute Gasteiger partial charge is 0.481 e. The minimum absolute atomic E-state index is 0.176. The molecule has 0 aliphatic carbocycles. The lowest BCUT2D eigenvalue weighted by molar-refractivity contribution is -0.0547. The van der Waals surface area contributed by atoms with Crippen LogP contribution in [0.5, 0.6) is 0 Å². The number of phosphoric acid groups is 2. The summed E-state index contributed by atoms with van der Waals surface area (Å²) in [6, 6.07) is 2.63. The van der Waals surface area contributed by atoms with Crippen molar-refractivity contribution in [1.82, 2.24) is 18.9 Å². The van der Waals surface area contributed by atoms with E-state index in [1.165, 1.54) is 4.68 Å². The van der Waals surface area contributed by atoms with E-state index in [9.17, 15) is 33.8 Å². The first-order valence-electron chi connectivity index (χ1n) is 8.84. The van der Waals surface area contributed by atoms with Crippen molar-refractivity contribution in [3.63, 3.8) is 0 Å². The predicted octanol–water partition coefficient (Wildman–Crippen LogP) is -2.36. The lowest BCUT2D eigenvalue weighted by Crippen LogP contribution is -2.43. The van der Waals surface area contributed by atoms with Crippen LogP contribution in [0.3, 0.4) is 0 Å². The molecule has 2 aromatic rings. The summed E-state index contributed by atoms with van der Waals surface area (Å²) < 4.78 is 38.7. The van der Waals surface area contributed by atoms with Crippen LogP contribution in [-0.4, -0.2) is 68.7 Å². The van der Waals surface area contributed by atoms with Crippen molar-refractivity contribution in [3.05, 3.63) is 51.1 Å². The topological polar surface area (TPSA) is 225 Å². The Bertz CT molecular complexity index is 1180. The molecule has 178 valence electrons. The molecule has 3 heterocycles. The van der Waals surface area contributed by atoms with E-state index in [0.717, 1.165) is 21.4 Å². The van der Waals surface area contributed by atoms with Gasteiger partial charge in [-0.15, -0.1) is 0 Å². The molecule has 16 nitrogen and oxygen atoms in total. The smallest absolute Gasteiger partial charge is 0.387 e. The highest BCUT2D eigenvalue weighted by Gasteiger charge is 2.46. The number of ether oxygens (including phenoxy) is 1. The van der Waals surface area contributed by atoms with Gasteiger partial charge in [0.15, 0.2) is 6.23 Å². The van der Waals surface area contributed by atoms with Crippen LogP contribution in [0.15, 0.2) is 34.1 Å². The number of aliphatic hydroxyl groups is 2. The Morgan fingerprint density at radius 1 is 1.12 bits per heavy atom. The van der Waals surface area contributed by atoms with Crippen molar-refractivity contribution in [2.24, 2.45) is 7.05 Å². The van der Waals surface area contributed by atoms with Crippen LogP contribution in [0.2, 0.25) is 0 Å². The molecule has 1 fully saturated rings. The van der Waals surface area contributed by atoms with Gasteiger partial charge in [0.2, 0.25) is 0 Å². The molecule has 1 saturated heterocycles. The molecule has 18 heteroatoms. The fraction of sp³-hybridized carbons (Fsp3) is 0.500. The van der Waals surface area contributed by atoms with Crippen LogP contribution in [0.4, 0.5) is 0 Å². The molecule has 1 aliphatic heterocycles. The van der Waals surface area contributed by atoms with Gasteiger partial charge in [-0.2, -0.15) is 9.41 Å². The van der Waals surface area contributed by atoms with E-state index < -0.39 is 58.0 Å². The van der Waals surface area contributed by atoms with E-state index in [-0.39, 0.29) is 6.54 Å². The molecule has 0 spiro atoms. The Labute approximate surface area is 178 Å². The van der Waals surface area contributed by atoms with Crippen molar-refractivity contribution in [1.29, 1.82) is 0 Å². The Morgan fingerprint density at radius 3 is 2.41 bits per heavy atom. The summed E-state index contributed by atoms with van der Waals surface area (Å²) in [7, 11) is -8.93. The van der Waals surface area contributed by atoms with Crippen LogP contribution in [0, 0.1) is 0 Å². The third-order valence-corrected chi connectivity index (χ3v) is 6.56. The lowest BCUT2D eigenvalue weighted by Gasteiger charge is -2.19. The molecule has 0 bridgehead atoms. The summed E-state index contributed by atoms with van der Waals surface area (Å²) in [6.07, 6.45) is -3.79. The Balaban J connectivity index is 1.79. The van der Waals surface area contributed by atoms with Crippen LogP contribution < -0.4 is 11.2 Å². The number of aromatic nitrogens is 4. The third-order valence-electron chi connectivity index (χ3n) is 4.41. The number of aliphatic hydroxyl groups excluding tert-OH is 2. The van der Waals surface area contributed by atoms with E-state index in [1.54, 1.807) is 19.3 Å². The number of nitrogens with zero attached hydrogens (tertiary/aromatic N) is 4. The molecule has 1 aliphatic rings. The molecule has 32 heavy (non-hydrogen) atoms. The summed E-state index contributed by atoms with van der Waals surface area (Å²) in [6.45, 7) is -1.10. The lowest BCUT2D eigenvalue weighted by atomic mass is 10.1. The molecule has 2 aromatic heterocycles. The average molecular weight is 498 g/mol. The SMILES string of the molecule is Cn1ccc(Cn2c(=O)ccn([C@@H]3O[C@H](COP(=O)(O)OP(=O)(O)O)[C@H](O)C3O)c2=O)n1. The zero-order valence-electron chi connectivity index (χ0n) is 16.3. The van der Waals surface area contributed by atoms with E-state index >= 15 is 0 Å². The molecule has 0 aromatic carbocycles. The van der Waals surface area contributed by atoms with Gasteiger partial charge in [0.05, 0.1) is 18.8 Å². The first-order chi connectivity index (χ1) is 14.8. The average Bonchev–Trinajstić information content (AvgIpc) is 3.19. The standard InChI is InChI=1S/C14H20N4O12P2/c1-16-4-2-8(15-16)6-18-10(19)3-5-17(14(18)22)13-12(21)11(20)9(29-13)7-28-32(26,27)30-31(23,24)25/h2-5,9,11-13,20-21H,6-7H2,1H3,(H,26,27)(H2,23,24,25)/t9-,11+,12?,13-/m1/s1. The van der Waals surface area contributed by atoms with Crippen molar-refractivity contribution in [2.75, 3.05) is 6.61 Å². The van der Waals surface area contributed by atoms with Gasteiger partial charge in [-0.25, -0.2) is 13.9 Å². The summed E-state index contributed by atoms with van der Waals surface area (Å²) in [5.41, 5.74) is -1.13. The van der Waals surface area contributed by atoms with Gasteiger partial charge < -0.3 is 29.6 Å². The monoisotopic (exact) mass is 498 g/mol. The van der Waals surface area contributed by atoms with E-state index in [2.05, 4.69) is 13.9 Å². The van der Waals surface area contributed by atoms with Crippen LogP contribution in [0.25, 0.3) is 0 Å². The maximum atomic E-state index is 12.8. The summed E-state index contributed by atoms with van der Waals surface area (Å²) in [5, 5.41) is 24.5. The number of phosphoric ester groups is 1. The highest BCUT2D eigenvalue weighted by atomic mass is 31.3. The maximum Gasteiger partial charge on any atom is 0.481 e. The number of hydrogen-bond acceptors (Lipinski definition) is 10. The van der Waals surface area contributed by atoms with E-state index in [0.29, 0.717) is 5.69 Å². The van der Waals surface area contributed by atoms with E-state index in [4.69, 9.17) is 14.5 Å². The minimum atomic E-state index is -5.36. The molecular weight excluding hydrogens is 478 g/mol. The zero-order chi connectivity index (χ0) is 23.8. The molecular formula is C14H20N4O12P2. The van der Waals surface area contributed by atoms with E-state index in [1.807, 2.05) is 0 Å². The second-order valence-electron chi connectivity index (χ2n) is 6.79. The number of aryl methyl sites for hydroxylation is 1. The normalized spacial score (nSPS) is 25.7. The fourth-order valence-corrected chi connectivity index (χ4v) is 4.60. The summed E-state index contributed by atoms with van der Waals surface area (Å²) >= 11 is 0. The molecule has 5 atom stereocenters. The van der Waals surface area contributed by atoms with Crippen molar-refractivity contribution >= 4 is 15.6 Å². The number of rotatable bonds is 8. The molecule has 0 amide bonds. The van der Waals surface area contributed by atoms with Crippen molar-refractivity contribution in [3.8, 4) is 0 Å². The van der Waals surface area contributed by atoms with Crippen molar-refractivity contribution in [2.45, 2.75) is 31.1 Å². The van der Waals surface area contributed by atoms with Gasteiger partial charge in [-0.05, 0) is 6.07 Å². The first-order valence-corrected chi connectivity index (χ1v) is 11.9. The highest BCUT2D eigenvalue weighted by molar-refractivity contribution is 7.60. The zero-order valence-corrected chi connectivity index (χ0v) is 18.1. The first kappa shape index (κ1) is 24.7. The Kier molecular flexibility index (Phi) is 7.02. The van der Waals surface area contributed by atoms with Gasteiger partial charge in [0.25, 0.3) is 5.56 Å². The molecule has 0 radical (unpaired) electrons. The maximum absolute atomic E-state index is 12.8. The van der Waals surface area contributed by atoms with Gasteiger partial charge in [-0.1, -0.05) is 0 Å². The predicted molar refractivity (Wildman–Crippen MR) is 102 cm³/mol. The Hall–Kier alpha value is -1.97. The molecule has 2 unspecified atom stereocenters. The Morgan fingerprint density at radius 2 is 1.81 bits per heavy atom. The van der Waals surface area contributed by atoms with Gasteiger partial charge in [-0.3, -0.25) is 23.1 Å². The quantitative estimate of drug-likeness (QED) is 0.240. The van der Waals surface area contributed by atoms with Crippen LogP contribution in [-0.2, 0) is 36.3 Å². The van der Waals surface area contributed by atoms with Gasteiger partial charge in [0.1, 0.15) is 18.3 Å². The third kappa shape index (κ3) is 5.68. The molecule has 0 saturated carbocycles. The van der Waals surface area contributed by atoms with Crippen LogP contribution >= 0.6 is 15.6 Å². The second kappa shape index (κ2) is 9.11. The minimum Gasteiger partial charge on any atom is -0.387 e. The fourth-order valence-electron chi connectivity index (χ4n) is 3.00. The summed E-state index contributed by atoms with van der Waals surface area (Å²) in [4.78, 5) is 51.5. The number of hydrogen-bond donors (Lipinski definition) is 5. The molecule has 3 rings (SSSR count). The second-order valence-corrected chi connectivity index (χ2v) is 9.62. The highest BCUT2D eigenvalue weighted by Crippen LogP contribution is 2.57. The van der Waals surface area contributed by atoms with Crippen molar-refractivity contribution < 1.29 is 47.6 Å². The van der Waals surface area contributed by atoms with Gasteiger partial charge in [0, 0.05) is 25.5 Å². The van der Waals surface area contributed by atoms with Crippen LogP contribution in [0.1, 0.15) is 11.9 Å². The van der Waals surface area contributed by atoms with Gasteiger partial charge >= 0.3 is 21.3 Å². The summed E-state index contributed by atoms with van der Waals surface area (Å²) in [5.74, 6) is 0. The molecule has 5 N–H and O–H groups in total.